The zero-order chi connectivity index (χ0) is 15.1. The van der Waals surface area contributed by atoms with Crippen molar-refractivity contribution in [3.8, 4) is 0 Å². The van der Waals surface area contributed by atoms with Gasteiger partial charge >= 0.3 is 11.9 Å². The number of carbonyl (C=O) groups is 2. The van der Waals surface area contributed by atoms with Gasteiger partial charge in [0.1, 0.15) is 0 Å². The highest BCUT2D eigenvalue weighted by Gasteiger charge is 2.19. The zero-order valence-electron chi connectivity index (χ0n) is 11.1. The van der Waals surface area contributed by atoms with Gasteiger partial charge in [-0.2, -0.15) is 0 Å². The number of aliphatic hydroxyl groups excluding tert-OH is 1. The maximum atomic E-state index is 11.3. The Labute approximate surface area is 125 Å². The number of carbonyl (C=O) groups excluding carboxylic acids is 1. The summed E-state index contributed by atoms with van der Waals surface area (Å²) in [6, 6.07) is 5.08. The fraction of sp³-hybridized carbons (Fsp3) is 0.429. The maximum Gasteiger partial charge on any atom is 0.337 e. The molecule has 6 heteroatoms. The Balaban J connectivity index is 2.82. The fourth-order valence-electron chi connectivity index (χ4n) is 1.81. The highest BCUT2D eigenvalue weighted by Crippen LogP contribution is 2.23. The number of rotatable bonds is 7. The van der Waals surface area contributed by atoms with Gasteiger partial charge in [0.25, 0.3) is 0 Å². The molecule has 1 rings (SSSR count). The van der Waals surface area contributed by atoms with Crippen LogP contribution in [0, 0.1) is 0 Å². The quantitative estimate of drug-likeness (QED) is 0.585. The molecule has 0 radical (unpaired) electrons. The lowest BCUT2D eigenvalue weighted by atomic mass is 9.99. The van der Waals surface area contributed by atoms with E-state index in [1.807, 2.05) is 0 Å². The van der Waals surface area contributed by atoms with E-state index in [-0.39, 0.29) is 12.4 Å². The Hall–Kier alpha value is -1.40. The molecule has 0 saturated carbocycles. The monoisotopic (exact) mass is 344 g/mol. The van der Waals surface area contributed by atoms with Gasteiger partial charge in [0.15, 0.2) is 6.10 Å². The number of ether oxygens (including phenoxy) is 1. The predicted molar refractivity (Wildman–Crippen MR) is 76.6 cm³/mol. The smallest absolute Gasteiger partial charge is 0.337 e. The Kier molecular flexibility index (Phi) is 6.67. The third-order valence-electron chi connectivity index (χ3n) is 2.80. The predicted octanol–water partition coefficient (Wildman–Crippen LogP) is 2.20. The van der Waals surface area contributed by atoms with Crippen LogP contribution in [-0.4, -0.2) is 28.8 Å². The minimum Gasteiger partial charge on any atom is -0.479 e. The molecule has 5 nitrogen and oxygen atoms in total. The van der Waals surface area contributed by atoms with Crippen molar-refractivity contribution in [3.63, 3.8) is 0 Å². The van der Waals surface area contributed by atoms with Crippen LogP contribution in [0.4, 0.5) is 0 Å². The van der Waals surface area contributed by atoms with Crippen molar-refractivity contribution in [2.75, 3.05) is 6.61 Å². The van der Waals surface area contributed by atoms with E-state index in [2.05, 4.69) is 15.9 Å². The summed E-state index contributed by atoms with van der Waals surface area (Å²) in [4.78, 5) is 22.1. The third-order valence-corrected chi connectivity index (χ3v) is 3.41. The molecule has 0 amide bonds. The Morgan fingerprint density at radius 1 is 1.40 bits per heavy atom. The molecule has 1 atom stereocenters. The summed E-state index contributed by atoms with van der Waals surface area (Å²) in [5, 5.41) is 18.9. The van der Waals surface area contributed by atoms with E-state index < -0.39 is 12.1 Å². The van der Waals surface area contributed by atoms with Gasteiger partial charge in [0, 0.05) is 11.8 Å². The number of aryl methyl sites for hydroxylation is 1. The molecule has 20 heavy (non-hydrogen) atoms. The van der Waals surface area contributed by atoms with Gasteiger partial charge in [-0.05, 0) is 30.0 Å². The minimum atomic E-state index is -1.54. The fourth-order valence-corrected chi connectivity index (χ4v) is 2.30. The molecule has 0 spiro atoms. The van der Waals surface area contributed by atoms with E-state index in [0.717, 1.165) is 5.56 Å². The van der Waals surface area contributed by atoms with Crippen LogP contribution in [0.3, 0.4) is 0 Å². The van der Waals surface area contributed by atoms with Crippen LogP contribution < -0.4 is 0 Å². The van der Waals surface area contributed by atoms with Crippen LogP contribution in [0.1, 0.15) is 36.1 Å². The summed E-state index contributed by atoms with van der Waals surface area (Å²) in [5.41, 5.74) is 1.95. The van der Waals surface area contributed by atoms with Crippen molar-refractivity contribution in [2.24, 2.45) is 0 Å². The number of alkyl halides is 1. The largest absolute Gasteiger partial charge is 0.479 e. The average Bonchev–Trinajstić information content (AvgIpc) is 2.44. The third kappa shape index (κ3) is 4.61. The highest BCUT2D eigenvalue weighted by atomic mass is 79.9. The first-order valence-electron chi connectivity index (χ1n) is 6.23. The molecule has 0 aliphatic heterocycles. The van der Waals surface area contributed by atoms with E-state index in [1.165, 1.54) is 0 Å². The molecule has 110 valence electrons. The van der Waals surface area contributed by atoms with Gasteiger partial charge in [-0.3, -0.25) is 4.79 Å². The standard InChI is InChI=1S/C14H17BrO5/c1-2-20-12(16)6-4-9-3-5-11(10(7-9)8-15)13(17)14(18)19/h3,5,7,13,17H,2,4,6,8H2,1H3,(H,18,19). The maximum absolute atomic E-state index is 11.3. The number of hydrogen-bond acceptors (Lipinski definition) is 4. The first kappa shape index (κ1) is 16.7. The second-order valence-electron chi connectivity index (χ2n) is 4.21. The van der Waals surface area contributed by atoms with Crippen molar-refractivity contribution in [1.82, 2.24) is 0 Å². The van der Waals surface area contributed by atoms with Gasteiger partial charge < -0.3 is 14.9 Å². The summed E-state index contributed by atoms with van der Waals surface area (Å²) >= 11 is 3.27. The molecule has 0 aliphatic rings. The lowest BCUT2D eigenvalue weighted by Crippen LogP contribution is -2.13. The molecule has 0 aliphatic carbocycles. The summed E-state index contributed by atoms with van der Waals surface area (Å²) in [6.45, 7) is 2.11. The van der Waals surface area contributed by atoms with Gasteiger partial charge in [-0.25, -0.2) is 4.79 Å². The topological polar surface area (TPSA) is 83.8 Å². The van der Waals surface area contributed by atoms with Crippen LogP contribution in [0.25, 0.3) is 0 Å². The lowest BCUT2D eigenvalue weighted by molar-refractivity contribution is -0.147. The van der Waals surface area contributed by atoms with E-state index in [9.17, 15) is 14.7 Å². The van der Waals surface area contributed by atoms with Crippen LogP contribution in [0.5, 0.6) is 0 Å². The van der Waals surface area contributed by atoms with Gasteiger partial charge in [0.05, 0.1) is 6.61 Å². The normalized spacial score (nSPS) is 11.9. The first-order valence-corrected chi connectivity index (χ1v) is 7.35. The molecule has 2 N–H and O–H groups in total. The molecule has 1 unspecified atom stereocenters. The van der Waals surface area contributed by atoms with Gasteiger partial charge in [-0.1, -0.05) is 34.1 Å². The second-order valence-corrected chi connectivity index (χ2v) is 4.77. The van der Waals surface area contributed by atoms with Crippen LogP contribution in [0.2, 0.25) is 0 Å². The average molecular weight is 345 g/mol. The highest BCUT2D eigenvalue weighted by molar-refractivity contribution is 9.08. The molecule has 1 aromatic rings. The van der Waals surface area contributed by atoms with Gasteiger partial charge in [-0.15, -0.1) is 0 Å². The van der Waals surface area contributed by atoms with Crippen LogP contribution in [-0.2, 0) is 26.1 Å². The molecule has 1 aromatic carbocycles. The SMILES string of the molecule is CCOC(=O)CCc1ccc(C(O)C(=O)O)c(CBr)c1. The zero-order valence-corrected chi connectivity index (χ0v) is 12.7. The first-order chi connectivity index (χ1) is 9.49. The number of halogens is 1. The lowest BCUT2D eigenvalue weighted by Gasteiger charge is -2.12. The molecule has 0 saturated heterocycles. The summed E-state index contributed by atoms with van der Waals surface area (Å²) in [7, 11) is 0. The Bertz CT molecular complexity index is 486. The van der Waals surface area contributed by atoms with Crippen LogP contribution in [0.15, 0.2) is 18.2 Å². The van der Waals surface area contributed by atoms with E-state index in [1.54, 1.807) is 25.1 Å². The summed E-state index contributed by atoms with van der Waals surface area (Å²) in [5.74, 6) is -1.55. The van der Waals surface area contributed by atoms with Crippen molar-refractivity contribution in [2.45, 2.75) is 31.2 Å². The molecular weight excluding hydrogens is 328 g/mol. The van der Waals surface area contributed by atoms with Crippen molar-refractivity contribution >= 4 is 27.9 Å². The number of hydrogen-bond donors (Lipinski definition) is 2. The van der Waals surface area contributed by atoms with Crippen molar-refractivity contribution in [3.05, 3.63) is 34.9 Å². The number of carboxylic acid groups (broad SMARTS) is 1. The van der Waals surface area contributed by atoms with Gasteiger partial charge in [0.2, 0.25) is 0 Å². The number of esters is 1. The molecule has 0 heterocycles. The summed E-state index contributed by atoms with van der Waals surface area (Å²) < 4.78 is 4.85. The molecular formula is C14H17BrO5. The molecule has 0 fully saturated rings. The van der Waals surface area contributed by atoms with E-state index in [0.29, 0.717) is 29.5 Å². The number of aliphatic hydroxyl groups is 1. The number of aliphatic carboxylic acids is 1. The molecule has 0 aromatic heterocycles. The number of carboxylic acids is 1. The molecule has 0 bridgehead atoms. The Morgan fingerprint density at radius 3 is 2.65 bits per heavy atom. The summed E-state index contributed by atoms with van der Waals surface area (Å²) in [6.07, 6.45) is -0.750. The van der Waals surface area contributed by atoms with Crippen molar-refractivity contribution < 1.29 is 24.5 Å². The van der Waals surface area contributed by atoms with Crippen LogP contribution >= 0.6 is 15.9 Å². The van der Waals surface area contributed by atoms with E-state index in [4.69, 9.17) is 9.84 Å². The van der Waals surface area contributed by atoms with Crippen molar-refractivity contribution in [1.29, 1.82) is 0 Å². The van der Waals surface area contributed by atoms with E-state index >= 15 is 0 Å². The number of benzene rings is 1. The Morgan fingerprint density at radius 2 is 2.10 bits per heavy atom. The minimum absolute atomic E-state index is 0.262. The second kappa shape index (κ2) is 8.01.